The van der Waals surface area contributed by atoms with Crippen molar-refractivity contribution in [1.29, 1.82) is 0 Å². The molecule has 0 atom stereocenters. The molecule has 2 aliphatic rings. The van der Waals surface area contributed by atoms with Crippen molar-refractivity contribution in [3.8, 4) is 5.75 Å². The molecule has 1 aliphatic heterocycles. The summed E-state index contributed by atoms with van der Waals surface area (Å²) in [6, 6.07) is 15.4. The third-order valence-corrected chi connectivity index (χ3v) is 6.24. The largest absolute Gasteiger partial charge is 0.492 e. The summed E-state index contributed by atoms with van der Waals surface area (Å²) < 4.78 is 11.4. The Labute approximate surface area is 195 Å². The molecule has 176 valence electrons. The molecule has 1 saturated carbocycles. The van der Waals surface area contributed by atoms with Gasteiger partial charge in [-0.3, -0.25) is 14.5 Å². The van der Waals surface area contributed by atoms with E-state index in [1.54, 1.807) is 24.3 Å². The van der Waals surface area contributed by atoms with E-state index in [4.69, 9.17) is 9.47 Å². The number of benzene rings is 2. The fourth-order valence-corrected chi connectivity index (χ4v) is 3.94. The van der Waals surface area contributed by atoms with Gasteiger partial charge in [0, 0.05) is 49.5 Å². The molecule has 0 bridgehead atoms. The van der Waals surface area contributed by atoms with Crippen LogP contribution in [0.15, 0.2) is 48.5 Å². The molecule has 0 radical (unpaired) electrons. The maximum atomic E-state index is 12.5. The van der Waals surface area contributed by atoms with Gasteiger partial charge in [-0.1, -0.05) is 12.1 Å². The number of anilines is 1. The molecular weight excluding hydrogens is 418 g/mol. The third kappa shape index (κ3) is 7.04. The van der Waals surface area contributed by atoms with Crippen LogP contribution in [0.5, 0.6) is 5.75 Å². The van der Waals surface area contributed by atoms with E-state index in [0.29, 0.717) is 24.8 Å². The lowest BCUT2D eigenvalue weighted by Gasteiger charge is -2.31. The van der Waals surface area contributed by atoms with E-state index >= 15 is 0 Å². The molecule has 1 aliphatic carbocycles. The fourth-order valence-electron chi connectivity index (χ4n) is 3.94. The highest BCUT2D eigenvalue weighted by atomic mass is 16.5. The molecule has 33 heavy (non-hydrogen) atoms. The van der Waals surface area contributed by atoms with E-state index in [-0.39, 0.29) is 17.7 Å². The van der Waals surface area contributed by atoms with Crippen molar-refractivity contribution in [3.05, 3.63) is 59.7 Å². The smallest absolute Gasteiger partial charge is 0.251 e. The molecule has 0 unspecified atom stereocenters. The summed E-state index contributed by atoms with van der Waals surface area (Å²) in [4.78, 5) is 26.7. The summed E-state index contributed by atoms with van der Waals surface area (Å²) in [5, 5.41) is 5.83. The quantitative estimate of drug-likeness (QED) is 0.578. The molecule has 2 fully saturated rings. The first-order valence-electron chi connectivity index (χ1n) is 11.8. The molecule has 0 spiro atoms. The number of carbonyl (C=O) groups excluding carboxylic acids is 2. The minimum Gasteiger partial charge on any atom is -0.492 e. The minimum absolute atomic E-state index is 0.0598. The van der Waals surface area contributed by atoms with Gasteiger partial charge in [0.1, 0.15) is 12.4 Å². The molecule has 2 aromatic rings. The van der Waals surface area contributed by atoms with Crippen LogP contribution in [0, 0.1) is 5.92 Å². The van der Waals surface area contributed by atoms with Crippen LogP contribution < -0.4 is 15.4 Å². The molecule has 1 saturated heterocycles. The monoisotopic (exact) mass is 451 g/mol. The zero-order valence-corrected chi connectivity index (χ0v) is 19.2. The Morgan fingerprint density at radius 3 is 2.55 bits per heavy atom. The van der Waals surface area contributed by atoms with Gasteiger partial charge in [0.15, 0.2) is 0 Å². The molecule has 4 rings (SSSR count). The standard InChI is InChI=1S/C26H33N3O4/c1-29(23-11-14-32-15-12-23)13-16-33-24-4-2-3-19(17-24)18-27-25(30)20-7-9-22(10-8-20)28-26(31)21-5-6-21/h2-4,7-10,17,21,23H,5-6,11-16,18H2,1H3,(H,27,30)(H,28,31). The molecular formula is C26H33N3O4. The first-order valence-corrected chi connectivity index (χ1v) is 11.8. The van der Waals surface area contributed by atoms with Crippen LogP contribution >= 0.6 is 0 Å². The van der Waals surface area contributed by atoms with Crippen molar-refractivity contribution >= 4 is 17.5 Å². The minimum atomic E-state index is -0.153. The molecule has 2 amide bonds. The Balaban J connectivity index is 1.21. The first-order chi connectivity index (χ1) is 16.1. The Hall–Kier alpha value is -2.90. The van der Waals surface area contributed by atoms with Gasteiger partial charge in [0.2, 0.25) is 5.91 Å². The second-order valence-corrected chi connectivity index (χ2v) is 8.84. The number of hydrogen-bond acceptors (Lipinski definition) is 5. The first kappa shape index (κ1) is 23.3. The number of nitrogens with zero attached hydrogens (tertiary/aromatic N) is 1. The predicted octanol–water partition coefficient (Wildman–Crippen LogP) is 3.45. The van der Waals surface area contributed by atoms with Crippen LogP contribution in [0.2, 0.25) is 0 Å². The lowest BCUT2D eigenvalue weighted by Crippen LogP contribution is -2.38. The molecule has 7 heteroatoms. The Bertz CT molecular complexity index is 937. The highest BCUT2D eigenvalue weighted by Crippen LogP contribution is 2.30. The molecule has 7 nitrogen and oxygen atoms in total. The van der Waals surface area contributed by atoms with Crippen molar-refractivity contribution in [3.63, 3.8) is 0 Å². The highest BCUT2D eigenvalue weighted by molar-refractivity contribution is 5.96. The summed E-state index contributed by atoms with van der Waals surface area (Å²) in [6.45, 7) is 3.57. The maximum Gasteiger partial charge on any atom is 0.251 e. The normalized spacial score (nSPS) is 16.4. The van der Waals surface area contributed by atoms with Gasteiger partial charge in [0.25, 0.3) is 5.91 Å². The fraction of sp³-hybridized carbons (Fsp3) is 0.462. The van der Waals surface area contributed by atoms with Gasteiger partial charge in [-0.15, -0.1) is 0 Å². The lowest BCUT2D eigenvalue weighted by atomic mass is 10.1. The van der Waals surface area contributed by atoms with Gasteiger partial charge in [-0.25, -0.2) is 0 Å². The molecule has 2 N–H and O–H groups in total. The Morgan fingerprint density at radius 2 is 1.82 bits per heavy atom. The van der Waals surface area contributed by atoms with Crippen LogP contribution in [0.3, 0.4) is 0 Å². The summed E-state index contributed by atoms with van der Waals surface area (Å²) >= 11 is 0. The van der Waals surface area contributed by atoms with Gasteiger partial charge >= 0.3 is 0 Å². The van der Waals surface area contributed by atoms with Crippen LogP contribution in [-0.4, -0.2) is 56.2 Å². The summed E-state index contributed by atoms with van der Waals surface area (Å²) in [6.07, 6.45) is 4.07. The van der Waals surface area contributed by atoms with Crippen LogP contribution in [0.1, 0.15) is 41.6 Å². The van der Waals surface area contributed by atoms with E-state index in [1.807, 2.05) is 24.3 Å². The average molecular weight is 452 g/mol. The molecule has 1 heterocycles. The van der Waals surface area contributed by atoms with Crippen molar-refractivity contribution in [2.45, 2.75) is 38.3 Å². The second-order valence-electron chi connectivity index (χ2n) is 8.84. The van der Waals surface area contributed by atoms with E-state index in [0.717, 1.165) is 62.4 Å². The SMILES string of the molecule is CN(CCOc1cccc(CNC(=O)c2ccc(NC(=O)C3CC3)cc2)c1)C1CCOCC1. The maximum absolute atomic E-state index is 12.5. The van der Waals surface area contributed by atoms with Crippen molar-refractivity contribution in [1.82, 2.24) is 10.2 Å². The zero-order chi connectivity index (χ0) is 23.0. The number of likely N-dealkylation sites (N-methyl/N-ethyl adjacent to an activating group) is 1. The van der Waals surface area contributed by atoms with Gasteiger partial charge < -0.3 is 20.1 Å². The second kappa shape index (κ2) is 11.3. The van der Waals surface area contributed by atoms with Crippen molar-refractivity contribution < 1.29 is 19.1 Å². The number of amides is 2. The van der Waals surface area contributed by atoms with Crippen molar-refractivity contribution in [2.75, 3.05) is 38.7 Å². The van der Waals surface area contributed by atoms with Gasteiger partial charge in [0.05, 0.1) is 0 Å². The third-order valence-electron chi connectivity index (χ3n) is 6.24. The zero-order valence-electron chi connectivity index (χ0n) is 19.2. The average Bonchev–Trinajstić information content (AvgIpc) is 3.70. The van der Waals surface area contributed by atoms with E-state index in [1.165, 1.54) is 0 Å². The van der Waals surface area contributed by atoms with E-state index < -0.39 is 0 Å². The number of nitrogens with one attached hydrogen (secondary N) is 2. The Kier molecular flexibility index (Phi) is 7.96. The molecule has 2 aromatic carbocycles. The topological polar surface area (TPSA) is 79.9 Å². The number of rotatable bonds is 10. The molecule has 0 aromatic heterocycles. The highest BCUT2D eigenvalue weighted by Gasteiger charge is 2.29. The summed E-state index contributed by atoms with van der Waals surface area (Å²) in [5.41, 5.74) is 2.26. The predicted molar refractivity (Wildman–Crippen MR) is 127 cm³/mol. The number of carbonyl (C=O) groups is 2. The lowest BCUT2D eigenvalue weighted by molar-refractivity contribution is -0.117. The van der Waals surface area contributed by atoms with Gasteiger partial charge in [-0.05, 0) is 74.7 Å². The number of ether oxygens (including phenoxy) is 2. The van der Waals surface area contributed by atoms with Gasteiger partial charge in [-0.2, -0.15) is 0 Å². The van der Waals surface area contributed by atoms with Crippen LogP contribution in [-0.2, 0) is 16.1 Å². The van der Waals surface area contributed by atoms with Crippen LogP contribution in [0.25, 0.3) is 0 Å². The van der Waals surface area contributed by atoms with E-state index in [2.05, 4.69) is 22.6 Å². The summed E-state index contributed by atoms with van der Waals surface area (Å²) in [5.74, 6) is 0.863. The Morgan fingerprint density at radius 1 is 1.06 bits per heavy atom. The van der Waals surface area contributed by atoms with Crippen LogP contribution in [0.4, 0.5) is 5.69 Å². The van der Waals surface area contributed by atoms with Crippen molar-refractivity contribution in [2.24, 2.45) is 5.92 Å². The van der Waals surface area contributed by atoms with E-state index in [9.17, 15) is 9.59 Å². The number of hydrogen-bond donors (Lipinski definition) is 2. The summed E-state index contributed by atoms with van der Waals surface area (Å²) in [7, 11) is 2.14.